The largest absolute Gasteiger partial charge is 0.320 e. The third-order valence-corrected chi connectivity index (χ3v) is 5.57. The first kappa shape index (κ1) is 19.5. The van der Waals surface area contributed by atoms with E-state index in [9.17, 15) is 4.79 Å². The second-order valence-corrected chi connectivity index (χ2v) is 7.64. The van der Waals surface area contributed by atoms with Crippen molar-refractivity contribution in [3.63, 3.8) is 0 Å². The summed E-state index contributed by atoms with van der Waals surface area (Å²) in [4.78, 5) is 21.7. The monoisotopic (exact) mass is 388 g/mol. The minimum Gasteiger partial charge on any atom is -0.320 e. The molecule has 0 radical (unpaired) electrons. The highest BCUT2D eigenvalue weighted by Crippen LogP contribution is 2.35. The van der Waals surface area contributed by atoms with E-state index in [-0.39, 0.29) is 5.91 Å². The fourth-order valence-electron chi connectivity index (χ4n) is 4.04. The van der Waals surface area contributed by atoms with E-state index in [2.05, 4.69) is 27.0 Å². The maximum atomic E-state index is 12.6. The number of likely N-dealkylation sites (tertiary alicyclic amines) is 1. The molecule has 1 fully saturated rings. The molecule has 2 aromatic rings. The van der Waals surface area contributed by atoms with Gasteiger partial charge < -0.3 is 15.1 Å². The highest BCUT2D eigenvalue weighted by molar-refractivity contribution is 6.11. The topological polar surface area (TPSA) is 48.5 Å². The fourth-order valence-corrected chi connectivity index (χ4v) is 4.04. The summed E-state index contributed by atoms with van der Waals surface area (Å²) in [5.74, 6) is 7.17. The van der Waals surface area contributed by atoms with Crippen LogP contribution in [0, 0.1) is 11.8 Å². The number of aromatic nitrogens is 1. The molecular weight excluding hydrogens is 360 g/mol. The second kappa shape index (κ2) is 9.58. The molecule has 1 saturated heterocycles. The number of carbonyl (C=O) groups excluding carboxylic acids is 1. The lowest BCUT2D eigenvalue weighted by Crippen LogP contribution is -2.25. The Morgan fingerprint density at radius 2 is 1.83 bits per heavy atom. The summed E-state index contributed by atoms with van der Waals surface area (Å²) in [7, 11) is 0. The Hall–Kier alpha value is -2.84. The molecule has 0 saturated carbocycles. The summed E-state index contributed by atoms with van der Waals surface area (Å²) in [5.41, 5.74) is 2.29. The van der Waals surface area contributed by atoms with Crippen molar-refractivity contribution in [2.45, 2.75) is 38.5 Å². The number of amides is 1. The van der Waals surface area contributed by atoms with Crippen LogP contribution in [-0.4, -0.2) is 42.0 Å². The number of nitrogens with zero attached hydrogens (tertiary/aromatic N) is 3. The predicted molar refractivity (Wildman–Crippen MR) is 118 cm³/mol. The summed E-state index contributed by atoms with van der Waals surface area (Å²) >= 11 is 0. The minimum absolute atomic E-state index is 0.131. The van der Waals surface area contributed by atoms with Gasteiger partial charge in [0.15, 0.2) is 0 Å². The first-order valence-electron chi connectivity index (χ1n) is 10.6. The van der Waals surface area contributed by atoms with Crippen LogP contribution in [0.5, 0.6) is 0 Å². The van der Waals surface area contributed by atoms with E-state index in [0.717, 1.165) is 30.8 Å². The molecule has 2 aliphatic rings. The maximum absolute atomic E-state index is 12.6. The van der Waals surface area contributed by atoms with E-state index in [1.54, 1.807) is 12.3 Å². The second-order valence-electron chi connectivity index (χ2n) is 7.64. The number of pyridine rings is 1. The normalized spacial score (nSPS) is 16.6. The Labute approximate surface area is 173 Å². The van der Waals surface area contributed by atoms with E-state index in [1.165, 1.54) is 38.8 Å². The number of unbranched alkanes of at least 4 members (excludes halogenated alkanes) is 1. The number of carbonyl (C=O) groups is 1. The SMILES string of the molecule is O=C1Nc2ccccc2N(CC#CCCCN2CCCCCC2)c2ncccc21. The van der Waals surface area contributed by atoms with Crippen LogP contribution in [0.25, 0.3) is 0 Å². The number of rotatable bonds is 4. The van der Waals surface area contributed by atoms with Crippen LogP contribution >= 0.6 is 0 Å². The van der Waals surface area contributed by atoms with Gasteiger partial charge in [-0.15, -0.1) is 5.92 Å². The minimum atomic E-state index is -0.131. The van der Waals surface area contributed by atoms with E-state index >= 15 is 0 Å². The first-order chi connectivity index (χ1) is 14.3. The zero-order valence-corrected chi connectivity index (χ0v) is 16.9. The predicted octanol–water partition coefficient (Wildman–Crippen LogP) is 4.45. The Bertz CT molecular complexity index is 906. The summed E-state index contributed by atoms with van der Waals surface area (Å²) in [6.07, 6.45) is 9.15. The highest BCUT2D eigenvalue weighted by Gasteiger charge is 2.25. The zero-order valence-electron chi connectivity index (χ0n) is 16.9. The van der Waals surface area contributed by atoms with Crippen molar-refractivity contribution >= 4 is 23.1 Å². The van der Waals surface area contributed by atoms with E-state index < -0.39 is 0 Å². The number of para-hydroxylation sites is 2. The molecule has 0 aliphatic carbocycles. The molecule has 0 spiro atoms. The van der Waals surface area contributed by atoms with Gasteiger partial charge in [-0.3, -0.25) is 4.79 Å². The summed E-state index contributed by atoms with van der Waals surface area (Å²) in [5, 5.41) is 2.99. The summed E-state index contributed by atoms with van der Waals surface area (Å²) < 4.78 is 0. The van der Waals surface area contributed by atoms with Gasteiger partial charge in [0.1, 0.15) is 5.82 Å². The zero-order chi connectivity index (χ0) is 19.9. The lowest BCUT2D eigenvalue weighted by atomic mass is 10.2. The van der Waals surface area contributed by atoms with Crippen molar-refractivity contribution in [1.29, 1.82) is 0 Å². The smallest absolute Gasteiger partial charge is 0.259 e. The number of nitrogens with one attached hydrogen (secondary N) is 1. The van der Waals surface area contributed by atoms with Gasteiger partial charge >= 0.3 is 0 Å². The standard InChI is InChI=1S/C24H28N4O/c29-24-20-12-11-15-25-23(20)28(22-14-6-5-13-21(22)26-24)19-10-4-3-9-18-27-16-7-1-2-8-17-27/h5-6,11-15H,1-3,7-9,16-19H2,(H,26,29). The van der Waals surface area contributed by atoms with Gasteiger partial charge in [-0.25, -0.2) is 4.98 Å². The van der Waals surface area contributed by atoms with Gasteiger partial charge in [0.05, 0.1) is 23.5 Å². The van der Waals surface area contributed by atoms with Crippen LogP contribution in [-0.2, 0) is 0 Å². The maximum Gasteiger partial charge on any atom is 0.259 e. The Balaban J connectivity index is 1.43. The van der Waals surface area contributed by atoms with Gasteiger partial charge in [-0.1, -0.05) is 30.9 Å². The van der Waals surface area contributed by atoms with E-state index in [1.807, 2.05) is 35.2 Å². The molecule has 3 heterocycles. The van der Waals surface area contributed by atoms with Crippen LogP contribution in [0.2, 0.25) is 0 Å². The number of fused-ring (bicyclic) bond motifs is 2. The van der Waals surface area contributed by atoms with Crippen molar-refractivity contribution in [2.75, 3.05) is 36.4 Å². The number of benzene rings is 1. The van der Waals surface area contributed by atoms with E-state index in [4.69, 9.17) is 0 Å². The van der Waals surface area contributed by atoms with Crippen LogP contribution in [0.4, 0.5) is 17.2 Å². The molecule has 5 nitrogen and oxygen atoms in total. The van der Waals surface area contributed by atoms with E-state index in [0.29, 0.717) is 17.9 Å². The van der Waals surface area contributed by atoms with Gasteiger partial charge in [0, 0.05) is 12.6 Å². The Kier molecular flexibility index (Phi) is 6.43. The molecule has 0 bridgehead atoms. The Morgan fingerprint density at radius 1 is 1.00 bits per heavy atom. The molecular formula is C24H28N4O. The highest BCUT2D eigenvalue weighted by atomic mass is 16.1. The molecule has 0 atom stereocenters. The molecule has 29 heavy (non-hydrogen) atoms. The van der Waals surface area contributed by atoms with Gasteiger partial charge in [-0.2, -0.15) is 0 Å². The fraction of sp³-hybridized carbons (Fsp3) is 0.417. The van der Waals surface area contributed by atoms with Crippen molar-refractivity contribution in [3.05, 3.63) is 48.2 Å². The van der Waals surface area contributed by atoms with Crippen LogP contribution in [0.15, 0.2) is 42.6 Å². The average molecular weight is 389 g/mol. The third-order valence-electron chi connectivity index (χ3n) is 5.57. The number of anilines is 3. The lowest BCUT2D eigenvalue weighted by molar-refractivity contribution is 0.102. The average Bonchev–Trinajstić information content (AvgIpc) is 3.08. The molecule has 2 aliphatic heterocycles. The van der Waals surface area contributed by atoms with Crippen molar-refractivity contribution in [1.82, 2.24) is 9.88 Å². The number of hydrogen-bond acceptors (Lipinski definition) is 4. The van der Waals surface area contributed by atoms with Crippen molar-refractivity contribution in [3.8, 4) is 11.8 Å². The summed E-state index contributed by atoms with van der Waals surface area (Å²) in [6, 6.07) is 11.4. The molecule has 150 valence electrons. The quantitative estimate of drug-likeness (QED) is 0.621. The lowest BCUT2D eigenvalue weighted by Gasteiger charge is -2.22. The molecule has 1 N–H and O–H groups in total. The van der Waals surface area contributed by atoms with Crippen LogP contribution in [0.3, 0.4) is 0 Å². The molecule has 5 heteroatoms. The molecule has 1 amide bonds. The molecule has 0 unspecified atom stereocenters. The van der Waals surface area contributed by atoms with Crippen molar-refractivity contribution < 1.29 is 4.79 Å². The first-order valence-corrected chi connectivity index (χ1v) is 10.6. The van der Waals surface area contributed by atoms with Gasteiger partial charge in [0.25, 0.3) is 5.91 Å². The Morgan fingerprint density at radius 3 is 2.69 bits per heavy atom. The summed E-state index contributed by atoms with van der Waals surface area (Å²) in [6.45, 7) is 4.13. The third kappa shape index (κ3) is 4.78. The molecule has 1 aromatic heterocycles. The van der Waals surface area contributed by atoms with Gasteiger partial charge in [0.2, 0.25) is 0 Å². The van der Waals surface area contributed by atoms with Crippen LogP contribution in [0.1, 0.15) is 48.9 Å². The van der Waals surface area contributed by atoms with Crippen LogP contribution < -0.4 is 10.2 Å². The van der Waals surface area contributed by atoms with Crippen molar-refractivity contribution in [2.24, 2.45) is 0 Å². The number of hydrogen-bond donors (Lipinski definition) is 1. The molecule has 1 aromatic carbocycles. The van der Waals surface area contributed by atoms with Gasteiger partial charge in [-0.05, 0) is 63.2 Å². The molecule has 4 rings (SSSR count).